The molecule has 0 atom stereocenters. The topological polar surface area (TPSA) is 118 Å². The van der Waals surface area contributed by atoms with Gasteiger partial charge < -0.3 is 15.2 Å². The molecule has 0 aliphatic carbocycles. The van der Waals surface area contributed by atoms with Gasteiger partial charge in [-0.1, -0.05) is 0 Å². The van der Waals surface area contributed by atoms with Gasteiger partial charge in [-0.15, -0.1) is 0 Å². The van der Waals surface area contributed by atoms with Gasteiger partial charge in [0.2, 0.25) is 5.95 Å². The number of carboxylic acids is 1. The minimum Gasteiger partial charge on any atom is -0.497 e. The van der Waals surface area contributed by atoms with Crippen molar-refractivity contribution in [2.75, 3.05) is 17.7 Å². The molecule has 0 unspecified atom stereocenters. The second-order valence-corrected chi connectivity index (χ2v) is 4.00. The summed E-state index contributed by atoms with van der Waals surface area (Å²) in [6.07, 6.45) is 1.28. The fourth-order valence-corrected chi connectivity index (χ4v) is 1.60. The lowest BCUT2D eigenvalue weighted by Crippen LogP contribution is -2.23. The molecule has 3 N–H and O–H groups in total. The van der Waals surface area contributed by atoms with E-state index in [1.165, 1.54) is 36.3 Å². The molecule has 0 spiro atoms. The number of aryl methyl sites for hydroxylation is 1. The van der Waals surface area contributed by atoms with Crippen LogP contribution in [0.1, 0.15) is 10.4 Å². The number of hydrogen-bond donors (Lipinski definition) is 3. The summed E-state index contributed by atoms with van der Waals surface area (Å²) in [6.45, 7) is 0. The van der Waals surface area contributed by atoms with Gasteiger partial charge in [-0.25, -0.2) is 14.3 Å². The summed E-state index contributed by atoms with van der Waals surface area (Å²) in [7, 11) is 3.05. The molecule has 2 rings (SSSR count). The van der Waals surface area contributed by atoms with E-state index in [-0.39, 0.29) is 17.2 Å². The van der Waals surface area contributed by atoms with Crippen molar-refractivity contribution in [1.82, 2.24) is 14.8 Å². The fourth-order valence-electron chi connectivity index (χ4n) is 1.60. The smallest absolute Gasteiger partial charge is 0.337 e. The molecule has 9 nitrogen and oxygen atoms in total. The maximum atomic E-state index is 11.9. The molecule has 9 heteroatoms. The molecule has 0 aliphatic rings. The summed E-state index contributed by atoms with van der Waals surface area (Å²) in [6, 6.07) is 3.62. The van der Waals surface area contributed by atoms with Gasteiger partial charge in [0.1, 0.15) is 12.1 Å². The van der Waals surface area contributed by atoms with Crippen LogP contribution in [0.25, 0.3) is 0 Å². The molecule has 1 heterocycles. The van der Waals surface area contributed by atoms with Crippen molar-refractivity contribution in [3.8, 4) is 5.75 Å². The highest BCUT2D eigenvalue weighted by molar-refractivity contribution is 6.04. The fraction of sp³-hybridized carbons (Fsp3) is 0.167. The molecule has 0 bridgehead atoms. The lowest BCUT2D eigenvalue weighted by molar-refractivity contribution is 0.0698. The monoisotopic (exact) mass is 291 g/mol. The average molecular weight is 291 g/mol. The largest absolute Gasteiger partial charge is 0.497 e. The molecular formula is C12H13N5O4. The Morgan fingerprint density at radius 1 is 1.33 bits per heavy atom. The third kappa shape index (κ3) is 3.26. The van der Waals surface area contributed by atoms with Crippen LogP contribution in [0.5, 0.6) is 5.75 Å². The number of aromatic nitrogens is 3. The van der Waals surface area contributed by atoms with E-state index in [0.29, 0.717) is 5.75 Å². The zero-order chi connectivity index (χ0) is 15.4. The van der Waals surface area contributed by atoms with Gasteiger partial charge in [-0.05, 0) is 12.1 Å². The molecule has 1 aromatic heterocycles. The number of aromatic carboxylic acids is 1. The van der Waals surface area contributed by atoms with E-state index in [0.717, 1.165) is 0 Å². The zero-order valence-corrected chi connectivity index (χ0v) is 11.3. The number of nitrogens with one attached hydrogen (secondary N) is 2. The third-order valence-corrected chi connectivity index (χ3v) is 2.64. The highest BCUT2D eigenvalue weighted by Crippen LogP contribution is 2.22. The normalized spacial score (nSPS) is 10.0. The summed E-state index contributed by atoms with van der Waals surface area (Å²) in [5, 5.41) is 17.8. The Kier molecular flexibility index (Phi) is 4.02. The molecule has 2 amide bonds. The molecule has 21 heavy (non-hydrogen) atoms. The van der Waals surface area contributed by atoms with Gasteiger partial charge in [0.25, 0.3) is 0 Å². The number of benzene rings is 1. The van der Waals surface area contributed by atoms with Crippen LogP contribution in [0.3, 0.4) is 0 Å². The molecule has 0 aliphatic heterocycles. The Balaban J connectivity index is 2.19. The first-order valence-corrected chi connectivity index (χ1v) is 5.84. The minimum absolute atomic E-state index is 0.0519. The van der Waals surface area contributed by atoms with E-state index < -0.39 is 12.0 Å². The maximum Gasteiger partial charge on any atom is 0.337 e. The van der Waals surface area contributed by atoms with Crippen LogP contribution >= 0.6 is 0 Å². The number of hydrogen-bond acceptors (Lipinski definition) is 5. The van der Waals surface area contributed by atoms with E-state index in [4.69, 9.17) is 9.84 Å². The Hall–Kier alpha value is -3.10. The van der Waals surface area contributed by atoms with Gasteiger partial charge in [0.05, 0.1) is 18.4 Å². The molecule has 0 saturated heterocycles. The zero-order valence-electron chi connectivity index (χ0n) is 11.3. The first kappa shape index (κ1) is 14.3. The first-order valence-electron chi connectivity index (χ1n) is 5.84. The molecular weight excluding hydrogens is 278 g/mol. The lowest BCUT2D eigenvalue weighted by Gasteiger charge is -2.10. The number of carboxylic acid groups (broad SMARTS) is 1. The van der Waals surface area contributed by atoms with Gasteiger partial charge >= 0.3 is 12.0 Å². The Bertz CT molecular complexity index is 682. The Labute approximate surface area is 119 Å². The number of carbonyl (C=O) groups excluding carboxylic acids is 1. The second-order valence-electron chi connectivity index (χ2n) is 4.00. The van der Waals surface area contributed by atoms with Crippen molar-refractivity contribution >= 4 is 23.6 Å². The number of amides is 2. The lowest BCUT2D eigenvalue weighted by atomic mass is 10.1. The van der Waals surface area contributed by atoms with Crippen LogP contribution in [0, 0.1) is 0 Å². The van der Waals surface area contributed by atoms with Crippen LogP contribution in [-0.2, 0) is 7.05 Å². The predicted octanol–water partition coefficient (Wildman–Crippen LogP) is 1.17. The van der Waals surface area contributed by atoms with Crippen LogP contribution < -0.4 is 15.4 Å². The van der Waals surface area contributed by atoms with Gasteiger partial charge in [-0.2, -0.15) is 10.1 Å². The Morgan fingerprint density at radius 3 is 2.67 bits per heavy atom. The van der Waals surface area contributed by atoms with Crippen molar-refractivity contribution in [3.05, 3.63) is 30.1 Å². The summed E-state index contributed by atoms with van der Waals surface area (Å²) >= 11 is 0. The SMILES string of the molecule is COc1ccc(C(=O)O)c(NC(=O)Nc2ncnn2C)c1. The summed E-state index contributed by atoms with van der Waals surface area (Å²) in [5.74, 6) is -0.507. The van der Waals surface area contributed by atoms with Gasteiger partial charge in [0, 0.05) is 13.1 Å². The standard InChI is InChI=1S/C12H13N5O4/c1-17-11(13-6-14-17)16-12(20)15-9-5-7(21-2)3-4-8(9)10(18)19/h3-6H,1-2H3,(H,18,19)(H2,13,14,15,16,20). The summed E-state index contributed by atoms with van der Waals surface area (Å²) in [4.78, 5) is 26.8. The number of anilines is 2. The molecule has 0 radical (unpaired) electrons. The third-order valence-electron chi connectivity index (χ3n) is 2.64. The predicted molar refractivity (Wildman–Crippen MR) is 73.6 cm³/mol. The first-order chi connectivity index (χ1) is 10.0. The van der Waals surface area contributed by atoms with E-state index >= 15 is 0 Å². The molecule has 0 saturated carbocycles. The highest BCUT2D eigenvalue weighted by atomic mass is 16.5. The molecule has 110 valence electrons. The van der Waals surface area contributed by atoms with Gasteiger partial charge in [-0.3, -0.25) is 5.32 Å². The second kappa shape index (κ2) is 5.90. The van der Waals surface area contributed by atoms with Crippen LogP contribution in [-0.4, -0.2) is 39.0 Å². The van der Waals surface area contributed by atoms with Crippen molar-refractivity contribution in [1.29, 1.82) is 0 Å². The number of methoxy groups -OCH3 is 1. The molecule has 2 aromatic rings. The molecule has 1 aromatic carbocycles. The Morgan fingerprint density at radius 2 is 2.10 bits per heavy atom. The number of rotatable bonds is 4. The number of nitrogens with zero attached hydrogens (tertiary/aromatic N) is 3. The van der Waals surface area contributed by atoms with Crippen LogP contribution in [0.15, 0.2) is 24.5 Å². The minimum atomic E-state index is -1.16. The summed E-state index contributed by atoms with van der Waals surface area (Å²) in [5.41, 5.74) is 0.0606. The number of ether oxygens (including phenoxy) is 1. The van der Waals surface area contributed by atoms with Crippen molar-refractivity contribution in [2.45, 2.75) is 0 Å². The van der Waals surface area contributed by atoms with E-state index in [9.17, 15) is 9.59 Å². The van der Waals surface area contributed by atoms with Crippen LogP contribution in [0.4, 0.5) is 16.4 Å². The maximum absolute atomic E-state index is 11.9. The summed E-state index contributed by atoms with van der Waals surface area (Å²) < 4.78 is 6.37. The highest BCUT2D eigenvalue weighted by Gasteiger charge is 2.14. The van der Waals surface area contributed by atoms with E-state index in [1.54, 1.807) is 7.05 Å². The van der Waals surface area contributed by atoms with Gasteiger partial charge in [0.15, 0.2) is 0 Å². The molecule has 0 fully saturated rings. The van der Waals surface area contributed by atoms with E-state index in [2.05, 4.69) is 20.7 Å². The number of urea groups is 1. The average Bonchev–Trinajstić information content (AvgIpc) is 2.83. The quantitative estimate of drug-likeness (QED) is 0.778. The van der Waals surface area contributed by atoms with Crippen molar-refractivity contribution in [3.63, 3.8) is 0 Å². The van der Waals surface area contributed by atoms with Crippen LogP contribution in [0.2, 0.25) is 0 Å². The van der Waals surface area contributed by atoms with Crippen molar-refractivity contribution in [2.24, 2.45) is 7.05 Å². The van der Waals surface area contributed by atoms with Crippen molar-refractivity contribution < 1.29 is 19.4 Å². The number of carbonyl (C=O) groups is 2. The van der Waals surface area contributed by atoms with E-state index in [1.807, 2.05) is 0 Å².